The maximum absolute atomic E-state index is 5.99. The molecule has 0 spiro atoms. The number of ether oxygens (including phenoxy) is 1. The summed E-state index contributed by atoms with van der Waals surface area (Å²) in [6.45, 7) is 7.98. The number of hydrogen-bond acceptors (Lipinski definition) is 3. The molecule has 2 fully saturated rings. The van der Waals surface area contributed by atoms with Crippen molar-refractivity contribution in [3.8, 4) is 0 Å². The van der Waals surface area contributed by atoms with Crippen LogP contribution in [0.15, 0.2) is 0 Å². The Bertz CT molecular complexity index is 266. The van der Waals surface area contributed by atoms with E-state index in [4.69, 9.17) is 4.74 Å². The standard InChI is InChI=1S/C17H34N2O/c1-14-13-19(3)15(2)12-17(14)18-10-7-11-20-16-8-5-4-6-9-16/h14-18H,4-13H2,1-3H3. The third-order valence-corrected chi connectivity index (χ3v) is 5.24. The lowest BCUT2D eigenvalue weighted by atomic mass is 9.90. The van der Waals surface area contributed by atoms with Crippen LogP contribution >= 0.6 is 0 Å². The lowest BCUT2D eigenvalue weighted by Gasteiger charge is -2.40. The molecule has 2 rings (SSSR count). The molecule has 0 radical (unpaired) electrons. The molecule has 20 heavy (non-hydrogen) atoms. The Balaban J connectivity index is 1.54. The Morgan fingerprint density at radius 3 is 2.65 bits per heavy atom. The largest absolute Gasteiger partial charge is 0.378 e. The summed E-state index contributed by atoms with van der Waals surface area (Å²) in [5.41, 5.74) is 0. The van der Waals surface area contributed by atoms with Gasteiger partial charge in [-0.1, -0.05) is 26.2 Å². The van der Waals surface area contributed by atoms with Crippen molar-refractivity contribution in [3.05, 3.63) is 0 Å². The summed E-state index contributed by atoms with van der Waals surface area (Å²) in [6.07, 6.45) is 9.72. The zero-order valence-corrected chi connectivity index (χ0v) is 13.7. The van der Waals surface area contributed by atoms with Gasteiger partial charge in [0.25, 0.3) is 0 Å². The quantitative estimate of drug-likeness (QED) is 0.758. The molecule has 0 bridgehead atoms. The van der Waals surface area contributed by atoms with Gasteiger partial charge < -0.3 is 15.0 Å². The molecule has 0 aromatic rings. The molecule has 0 aromatic carbocycles. The third-order valence-electron chi connectivity index (χ3n) is 5.24. The van der Waals surface area contributed by atoms with Gasteiger partial charge in [-0.25, -0.2) is 0 Å². The van der Waals surface area contributed by atoms with Gasteiger partial charge in [-0.15, -0.1) is 0 Å². The van der Waals surface area contributed by atoms with E-state index in [1.165, 1.54) is 45.1 Å². The normalized spacial score (nSPS) is 33.5. The number of hydrogen-bond donors (Lipinski definition) is 1. The average molecular weight is 282 g/mol. The number of nitrogens with zero attached hydrogens (tertiary/aromatic N) is 1. The van der Waals surface area contributed by atoms with Gasteiger partial charge in [-0.2, -0.15) is 0 Å². The minimum Gasteiger partial charge on any atom is -0.378 e. The number of piperidine rings is 1. The van der Waals surface area contributed by atoms with Crippen LogP contribution in [0.25, 0.3) is 0 Å². The topological polar surface area (TPSA) is 24.5 Å². The van der Waals surface area contributed by atoms with E-state index < -0.39 is 0 Å². The zero-order valence-electron chi connectivity index (χ0n) is 13.7. The fraction of sp³-hybridized carbons (Fsp3) is 1.00. The van der Waals surface area contributed by atoms with Crippen molar-refractivity contribution in [1.29, 1.82) is 0 Å². The molecule has 1 N–H and O–H groups in total. The van der Waals surface area contributed by atoms with Gasteiger partial charge in [0.1, 0.15) is 0 Å². The fourth-order valence-corrected chi connectivity index (χ4v) is 3.67. The van der Waals surface area contributed by atoms with Crippen molar-refractivity contribution >= 4 is 0 Å². The fourth-order valence-electron chi connectivity index (χ4n) is 3.67. The first-order valence-electron chi connectivity index (χ1n) is 8.72. The summed E-state index contributed by atoms with van der Waals surface area (Å²) in [4.78, 5) is 2.48. The highest BCUT2D eigenvalue weighted by Crippen LogP contribution is 2.21. The van der Waals surface area contributed by atoms with Crippen molar-refractivity contribution in [1.82, 2.24) is 10.2 Å². The smallest absolute Gasteiger partial charge is 0.0575 e. The van der Waals surface area contributed by atoms with Crippen LogP contribution in [-0.2, 0) is 4.74 Å². The maximum Gasteiger partial charge on any atom is 0.0575 e. The Hall–Kier alpha value is -0.120. The van der Waals surface area contributed by atoms with Crippen molar-refractivity contribution in [3.63, 3.8) is 0 Å². The SMILES string of the molecule is CC1CN(C)C(C)CC1NCCCOC1CCCCC1. The highest BCUT2D eigenvalue weighted by molar-refractivity contribution is 4.85. The van der Waals surface area contributed by atoms with Gasteiger partial charge in [0.15, 0.2) is 0 Å². The minimum atomic E-state index is 0.561. The van der Waals surface area contributed by atoms with Crippen LogP contribution in [0.3, 0.4) is 0 Å². The first kappa shape index (κ1) is 16.3. The molecule has 3 unspecified atom stereocenters. The van der Waals surface area contributed by atoms with Gasteiger partial charge in [0, 0.05) is 25.2 Å². The van der Waals surface area contributed by atoms with E-state index in [2.05, 4.69) is 31.1 Å². The van der Waals surface area contributed by atoms with E-state index in [0.717, 1.165) is 25.5 Å². The van der Waals surface area contributed by atoms with Crippen LogP contribution in [0.1, 0.15) is 58.8 Å². The van der Waals surface area contributed by atoms with E-state index in [9.17, 15) is 0 Å². The summed E-state index contributed by atoms with van der Waals surface area (Å²) in [6, 6.07) is 1.40. The van der Waals surface area contributed by atoms with Crippen molar-refractivity contribution in [2.75, 3.05) is 26.7 Å². The molecule has 0 aromatic heterocycles. The van der Waals surface area contributed by atoms with E-state index in [0.29, 0.717) is 18.2 Å². The highest BCUT2D eigenvalue weighted by atomic mass is 16.5. The predicted octanol–water partition coefficient (Wildman–Crippen LogP) is 3.04. The van der Waals surface area contributed by atoms with Crippen LogP contribution < -0.4 is 5.32 Å². The van der Waals surface area contributed by atoms with Gasteiger partial charge in [-0.3, -0.25) is 0 Å². The Kier molecular flexibility index (Phi) is 6.79. The van der Waals surface area contributed by atoms with E-state index in [1.54, 1.807) is 0 Å². The first-order valence-corrected chi connectivity index (χ1v) is 8.72. The predicted molar refractivity (Wildman–Crippen MR) is 85.1 cm³/mol. The Morgan fingerprint density at radius 2 is 1.90 bits per heavy atom. The molecule has 1 saturated carbocycles. The maximum atomic E-state index is 5.99. The molecule has 1 aliphatic heterocycles. The summed E-state index contributed by atoms with van der Waals surface area (Å²) in [5, 5.41) is 3.75. The number of nitrogens with one attached hydrogen (secondary N) is 1. The summed E-state index contributed by atoms with van der Waals surface area (Å²) in [7, 11) is 2.25. The summed E-state index contributed by atoms with van der Waals surface area (Å²) < 4.78 is 5.99. The van der Waals surface area contributed by atoms with Gasteiger partial charge in [-0.05, 0) is 52.1 Å². The van der Waals surface area contributed by atoms with E-state index >= 15 is 0 Å². The molecule has 1 aliphatic carbocycles. The molecule has 1 heterocycles. The van der Waals surface area contributed by atoms with Gasteiger partial charge in [0.2, 0.25) is 0 Å². The molecular formula is C17H34N2O. The lowest BCUT2D eigenvalue weighted by Crippen LogP contribution is -2.51. The van der Waals surface area contributed by atoms with E-state index in [1.807, 2.05) is 0 Å². The monoisotopic (exact) mass is 282 g/mol. The minimum absolute atomic E-state index is 0.561. The van der Waals surface area contributed by atoms with Gasteiger partial charge in [0.05, 0.1) is 6.10 Å². The van der Waals surface area contributed by atoms with Crippen LogP contribution in [0, 0.1) is 5.92 Å². The van der Waals surface area contributed by atoms with Crippen molar-refractivity contribution in [2.24, 2.45) is 5.92 Å². The molecule has 2 aliphatic rings. The molecule has 0 amide bonds. The second-order valence-electron chi connectivity index (χ2n) is 7.05. The van der Waals surface area contributed by atoms with Crippen molar-refractivity contribution < 1.29 is 4.74 Å². The lowest BCUT2D eigenvalue weighted by molar-refractivity contribution is 0.0263. The Morgan fingerprint density at radius 1 is 1.15 bits per heavy atom. The number of rotatable bonds is 6. The van der Waals surface area contributed by atoms with Crippen LogP contribution in [-0.4, -0.2) is 49.8 Å². The average Bonchev–Trinajstić information content (AvgIpc) is 2.45. The summed E-state index contributed by atoms with van der Waals surface area (Å²) in [5.74, 6) is 0.760. The van der Waals surface area contributed by atoms with Gasteiger partial charge >= 0.3 is 0 Å². The molecule has 3 nitrogen and oxygen atoms in total. The Labute approximate surface area is 125 Å². The second-order valence-corrected chi connectivity index (χ2v) is 7.05. The van der Waals surface area contributed by atoms with Crippen LogP contribution in [0.2, 0.25) is 0 Å². The highest BCUT2D eigenvalue weighted by Gasteiger charge is 2.28. The van der Waals surface area contributed by atoms with E-state index in [-0.39, 0.29) is 0 Å². The molecule has 1 saturated heterocycles. The number of likely N-dealkylation sites (tertiary alicyclic amines) is 1. The molecule has 3 atom stereocenters. The van der Waals surface area contributed by atoms with Crippen molar-refractivity contribution in [2.45, 2.75) is 77.0 Å². The molecule has 3 heteroatoms. The third kappa shape index (κ3) is 5.01. The van der Waals surface area contributed by atoms with Crippen LogP contribution in [0.4, 0.5) is 0 Å². The molecular weight excluding hydrogens is 248 g/mol. The zero-order chi connectivity index (χ0) is 14.4. The van der Waals surface area contributed by atoms with Crippen LogP contribution in [0.5, 0.6) is 0 Å². The summed E-state index contributed by atoms with van der Waals surface area (Å²) >= 11 is 0. The second kappa shape index (κ2) is 8.35. The molecule has 118 valence electrons. The first-order chi connectivity index (χ1) is 9.66.